The summed E-state index contributed by atoms with van der Waals surface area (Å²) in [4.78, 5) is 13.5. The summed E-state index contributed by atoms with van der Waals surface area (Å²) in [7, 11) is 0. The molecule has 0 amide bonds. The Balaban J connectivity index is 1.29. The van der Waals surface area contributed by atoms with Crippen LogP contribution in [0.5, 0.6) is 0 Å². The van der Waals surface area contributed by atoms with Gasteiger partial charge in [0, 0.05) is 16.7 Å². The molecule has 0 aliphatic heterocycles. The first-order chi connectivity index (χ1) is 15.6. The number of aromatic nitrogens is 3. The number of Topliss-reactive ketones (excluding diaryl/α,β-unsaturated/α-hetero) is 1. The van der Waals surface area contributed by atoms with Crippen molar-refractivity contribution >= 4 is 17.5 Å². The van der Waals surface area contributed by atoms with Crippen molar-refractivity contribution in [3.63, 3.8) is 0 Å². The van der Waals surface area contributed by atoms with E-state index in [1.54, 1.807) is 12.1 Å². The second-order valence-corrected chi connectivity index (χ2v) is 10.8. The van der Waals surface area contributed by atoms with Gasteiger partial charge in [-0.15, -0.1) is 10.2 Å². The minimum atomic E-state index is -0.283. The molecule has 0 saturated heterocycles. The Morgan fingerprint density at radius 1 is 0.938 bits per heavy atom. The number of nitrogens with zero attached hydrogens (tertiary/aromatic N) is 3. The molecule has 1 heterocycles. The van der Waals surface area contributed by atoms with Crippen LogP contribution >= 0.6 is 11.8 Å². The molecule has 7 rings (SSSR count). The van der Waals surface area contributed by atoms with Crippen molar-refractivity contribution in [2.45, 2.75) is 43.7 Å². The highest BCUT2D eigenvalue weighted by Gasteiger charge is 2.54. The maximum absolute atomic E-state index is 13.6. The van der Waals surface area contributed by atoms with Gasteiger partial charge in [-0.2, -0.15) is 0 Å². The van der Waals surface area contributed by atoms with E-state index in [0.29, 0.717) is 22.5 Å². The molecule has 4 nitrogen and oxygen atoms in total. The van der Waals surface area contributed by atoms with E-state index in [-0.39, 0.29) is 11.2 Å². The Hall–Kier alpha value is -2.47. The molecule has 4 bridgehead atoms. The van der Waals surface area contributed by atoms with Crippen molar-refractivity contribution in [3.8, 4) is 17.1 Å². The molecule has 4 saturated carbocycles. The summed E-state index contributed by atoms with van der Waals surface area (Å²) in [5.74, 6) is 3.47. The topological polar surface area (TPSA) is 47.8 Å². The molecule has 4 aliphatic rings. The first-order valence-electron chi connectivity index (χ1n) is 11.5. The highest BCUT2D eigenvalue weighted by molar-refractivity contribution is 7.99. The molecule has 0 atom stereocenters. The van der Waals surface area contributed by atoms with Crippen molar-refractivity contribution in [1.29, 1.82) is 0 Å². The van der Waals surface area contributed by atoms with Gasteiger partial charge in [0.1, 0.15) is 11.6 Å². The van der Waals surface area contributed by atoms with Crippen molar-refractivity contribution < 1.29 is 9.18 Å². The van der Waals surface area contributed by atoms with E-state index in [9.17, 15) is 9.18 Å². The van der Waals surface area contributed by atoms with E-state index in [4.69, 9.17) is 0 Å². The van der Waals surface area contributed by atoms with Crippen LogP contribution in [0.15, 0.2) is 59.8 Å². The number of rotatable bonds is 6. The molecule has 1 aromatic heterocycles. The van der Waals surface area contributed by atoms with E-state index >= 15 is 0 Å². The lowest BCUT2D eigenvalue weighted by atomic mass is 9.48. The van der Waals surface area contributed by atoms with Crippen molar-refractivity contribution in [2.24, 2.45) is 23.2 Å². The van der Waals surface area contributed by atoms with Gasteiger partial charge >= 0.3 is 0 Å². The van der Waals surface area contributed by atoms with Gasteiger partial charge in [-0.25, -0.2) is 4.39 Å². The summed E-state index contributed by atoms with van der Waals surface area (Å²) >= 11 is 1.46. The summed E-state index contributed by atoms with van der Waals surface area (Å²) in [5, 5.41) is 9.56. The molecule has 3 aromatic rings. The number of thioether (sulfide) groups is 1. The van der Waals surface area contributed by atoms with Gasteiger partial charge in [0.25, 0.3) is 0 Å². The third kappa shape index (κ3) is 3.49. The second kappa shape index (κ2) is 7.84. The third-order valence-electron chi connectivity index (χ3n) is 7.71. The molecule has 0 N–H and O–H groups in total. The average Bonchev–Trinajstić information content (AvgIpc) is 3.21. The minimum absolute atomic E-state index is 0.106. The van der Waals surface area contributed by atoms with Crippen LogP contribution in [0, 0.1) is 29.0 Å². The second-order valence-electron chi connectivity index (χ2n) is 9.89. The number of carbonyl (C=O) groups excluding carboxylic acids is 1. The van der Waals surface area contributed by atoms with Gasteiger partial charge in [0.2, 0.25) is 0 Å². The molecule has 2 aromatic carbocycles. The highest BCUT2D eigenvalue weighted by Crippen LogP contribution is 2.60. The molecule has 0 spiro atoms. The zero-order valence-corrected chi connectivity index (χ0v) is 18.7. The van der Waals surface area contributed by atoms with E-state index in [1.165, 1.54) is 43.2 Å². The lowest BCUT2D eigenvalue weighted by molar-refractivity contribution is -0.141. The molecular weight excluding hydrogens is 421 g/mol. The van der Waals surface area contributed by atoms with Crippen LogP contribution in [0.2, 0.25) is 0 Å². The minimum Gasteiger partial charge on any atom is -0.298 e. The summed E-state index contributed by atoms with van der Waals surface area (Å²) in [5.41, 5.74) is 1.62. The predicted octanol–water partition coefficient (Wildman–Crippen LogP) is 5.95. The lowest BCUT2D eigenvalue weighted by Gasteiger charge is -2.56. The van der Waals surface area contributed by atoms with Crippen LogP contribution < -0.4 is 0 Å². The van der Waals surface area contributed by atoms with Gasteiger partial charge in [0.15, 0.2) is 11.0 Å². The zero-order chi connectivity index (χ0) is 21.7. The van der Waals surface area contributed by atoms with Crippen LogP contribution in [0.25, 0.3) is 17.1 Å². The Labute approximate surface area is 191 Å². The Morgan fingerprint density at radius 3 is 2.19 bits per heavy atom. The Morgan fingerprint density at radius 2 is 1.56 bits per heavy atom. The average molecular weight is 448 g/mol. The molecule has 0 radical (unpaired) electrons. The summed E-state index contributed by atoms with van der Waals surface area (Å²) in [6.45, 7) is 0. The molecule has 4 fully saturated rings. The van der Waals surface area contributed by atoms with Crippen LogP contribution in [0.4, 0.5) is 4.39 Å². The van der Waals surface area contributed by atoms with Crippen LogP contribution in [0.1, 0.15) is 38.5 Å². The highest BCUT2D eigenvalue weighted by atomic mass is 32.2. The summed E-state index contributed by atoms with van der Waals surface area (Å²) in [6.07, 6.45) is 7.24. The van der Waals surface area contributed by atoms with Crippen molar-refractivity contribution in [2.75, 3.05) is 5.75 Å². The SMILES string of the molecule is O=C(CSc1nnc(-c2ccccc2)n1-c1ccc(F)cc1)C12CC3CC(CC(C3)C1)C2. The quantitative estimate of drug-likeness (QED) is 0.438. The van der Waals surface area contributed by atoms with E-state index in [2.05, 4.69) is 10.2 Å². The monoisotopic (exact) mass is 447 g/mol. The number of carbonyl (C=O) groups is 1. The van der Waals surface area contributed by atoms with Gasteiger partial charge < -0.3 is 0 Å². The molecular formula is C26H26FN3OS. The van der Waals surface area contributed by atoms with Crippen LogP contribution in [-0.4, -0.2) is 26.3 Å². The number of ketones is 1. The molecule has 4 aliphatic carbocycles. The maximum atomic E-state index is 13.6. The van der Waals surface area contributed by atoms with Gasteiger partial charge in [-0.05, 0) is 80.5 Å². The Bertz CT molecular complexity index is 1110. The van der Waals surface area contributed by atoms with Crippen molar-refractivity contribution in [1.82, 2.24) is 14.8 Å². The Kier molecular flexibility index (Phi) is 4.94. The fraction of sp³-hybridized carbons (Fsp3) is 0.423. The van der Waals surface area contributed by atoms with E-state index in [1.807, 2.05) is 34.9 Å². The maximum Gasteiger partial charge on any atom is 0.196 e. The number of hydrogen-bond donors (Lipinski definition) is 0. The van der Waals surface area contributed by atoms with Gasteiger partial charge in [-0.1, -0.05) is 42.1 Å². The lowest BCUT2D eigenvalue weighted by Crippen LogP contribution is -2.50. The predicted molar refractivity (Wildman–Crippen MR) is 123 cm³/mol. The van der Waals surface area contributed by atoms with E-state index in [0.717, 1.165) is 48.3 Å². The molecule has 32 heavy (non-hydrogen) atoms. The van der Waals surface area contributed by atoms with Crippen LogP contribution in [-0.2, 0) is 4.79 Å². The number of halogens is 1. The van der Waals surface area contributed by atoms with Crippen molar-refractivity contribution in [3.05, 3.63) is 60.4 Å². The van der Waals surface area contributed by atoms with E-state index < -0.39 is 0 Å². The number of benzene rings is 2. The third-order valence-corrected chi connectivity index (χ3v) is 8.64. The largest absolute Gasteiger partial charge is 0.298 e. The summed E-state index contributed by atoms with van der Waals surface area (Å²) in [6, 6.07) is 16.2. The first-order valence-corrected chi connectivity index (χ1v) is 12.5. The first kappa shape index (κ1) is 20.2. The van der Waals surface area contributed by atoms with Crippen LogP contribution in [0.3, 0.4) is 0 Å². The molecule has 6 heteroatoms. The van der Waals surface area contributed by atoms with Gasteiger partial charge in [-0.3, -0.25) is 9.36 Å². The standard InChI is InChI=1S/C26H26FN3OS/c27-21-6-8-22(9-7-21)30-24(20-4-2-1-3-5-20)28-29-25(30)32-16-23(31)26-13-17-10-18(14-26)12-19(11-17)15-26/h1-9,17-19H,10-16H2. The van der Waals surface area contributed by atoms with Gasteiger partial charge in [0.05, 0.1) is 5.75 Å². The zero-order valence-electron chi connectivity index (χ0n) is 17.9. The fourth-order valence-electron chi connectivity index (χ4n) is 6.70. The smallest absolute Gasteiger partial charge is 0.196 e. The summed E-state index contributed by atoms with van der Waals surface area (Å²) < 4.78 is 15.5. The fourth-order valence-corrected chi connectivity index (χ4v) is 7.68. The molecule has 164 valence electrons. The molecule has 0 unspecified atom stereocenters. The number of hydrogen-bond acceptors (Lipinski definition) is 4. The normalized spacial score (nSPS) is 28.2.